The predicted molar refractivity (Wildman–Crippen MR) is 250 cm³/mol. The van der Waals surface area contributed by atoms with Gasteiger partial charge in [0.05, 0.1) is 57.8 Å². The van der Waals surface area contributed by atoms with E-state index in [2.05, 4.69) is 79.3 Å². The summed E-state index contributed by atoms with van der Waals surface area (Å²) in [5.74, 6) is 8.51. The van der Waals surface area contributed by atoms with E-state index in [1.165, 1.54) is 6.33 Å². The lowest BCUT2D eigenvalue weighted by Gasteiger charge is -2.39. The van der Waals surface area contributed by atoms with Crippen LogP contribution in [-0.2, 0) is 24.1 Å². The lowest BCUT2D eigenvalue weighted by Crippen LogP contribution is -2.39. The normalized spacial score (nSPS) is 17.0. The minimum atomic E-state index is -1.66. The van der Waals surface area contributed by atoms with Gasteiger partial charge in [0.25, 0.3) is 8.53 Å². The van der Waals surface area contributed by atoms with Crippen LogP contribution in [0, 0.1) is 23.2 Å². The minimum Gasteiger partial charge on any atom is -0.497 e. The van der Waals surface area contributed by atoms with Crippen LogP contribution in [0.5, 0.6) is 11.5 Å². The van der Waals surface area contributed by atoms with Crippen LogP contribution in [0.3, 0.4) is 0 Å². The molecule has 338 valence electrons. The first-order valence-electron chi connectivity index (χ1n) is 21.9. The van der Waals surface area contributed by atoms with Crippen LogP contribution in [0.15, 0.2) is 90.2 Å². The van der Waals surface area contributed by atoms with E-state index in [4.69, 9.17) is 38.1 Å². The quantitative estimate of drug-likeness (QED) is 0.0173. The Kier molecular flexibility index (Phi) is 17.2. The fraction of sp³-hybridized carbons (Fsp3) is 0.449. The van der Waals surface area contributed by atoms with Gasteiger partial charge in [-0.25, -0.2) is 24.3 Å². The summed E-state index contributed by atoms with van der Waals surface area (Å²) in [5.41, 5.74) is 2.63. The van der Waals surface area contributed by atoms with Crippen molar-refractivity contribution in [2.24, 2.45) is 4.99 Å². The molecule has 0 amide bonds. The van der Waals surface area contributed by atoms with Gasteiger partial charge >= 0.3 is 0 Å². The number of benzene rings is 3. The number of fused-ring (bicyclic) bond motifs is 1. The van der Waals surface area contributed by atoms with Crippen molar-refractivity contribution in [3.8, 4) is 29.4 Å². The third-order valence-electron chi connectivity index (χ3n) is 10.7. The molecule has 3 aromatic carbocycles. The zero-order valence-corrected chi connectivity index (χ0v) is 39.4. The van der Waals surface area contributed by atoms with Gasteiger partial charge in [-0.15, -0.1) is 0 Å². The van der Waals surface area contributed by atoms with Gasteiger partial charge in [-0.1, -0.05) is 73.9 Å². The lowest BCUT2D eigenvalue weighted by atomic mass is 9.80. The highest BCUT2D eigenvalue weighted by atomic mass is 31.2. The van der Waals surface area contributed by atoms with E-state index >= 15 is 0 Å². The van der Waals surface area contributed by atoms with E-state index in [1.807, 2.05) is 85.7 Å². The largest absolute Gasteiger partial charge is 0.497 e. The predicted octanol–water partition coefficient (Wildman–Crippen LogP) is 9.56. The molecular weight excluding hydrogens is 828 g/mol. The molecule has 64 heavy (non-hydrogen) atoms. The number of hydrogen-bond donors (Lipinski definition) is 0. The van der Waals surface area contributed by atoms with Gasteiger partial charge in [0, 0.05) is 39.0 Å². The monoisotopic (exact) mass is 888 g/mol. The summed E-state index contributed by atoms with van der Waals surface area (Å²) in [6.45, 7) is 10.9. The number of nitriles is 1. The molecule has 3 heterocycles. The van der Waals surface area contributed by atoms with Crippen molar-refractivity contribution in [3.05, 3.63) is 108 Å². The first-order valence-corrected chi connectivity index (χ1v) is 23.0. The first-order chi connectivity index (χ1) is 31.0. The van der Waals surface area contributed by atoms with E-state index in [1.54, 1.807) is 25.2 Å². The van der Waals surface area contributed by atoms with Crippen molar-refractivity contribution < 1.29 is 28.0 Å². The molecule has 1 saturated heterocycles. The number of hydrogen-bond acceptors (Lipinski definition) is 12. The van der Waals surface area contributed by atoms with E-state index in [0.29, 0.717) is 29.0 Å². The smallest absolute Gasteiger partial charge is 0.259 e. The third kappa shape index (κ3) is 11.3. The molecule has 15 heteroatoms. The highest BCUT2D eigenvalue weighted by molar-refractivity contribution is 7.44. The molecule has 1 fully saturated rings. The molecule has 1 aliphatic heterocycles. The molecule has 0 bridgehead atoms. The molecule has 0 saturated carbocycles. The SMILES string of the molecule is CCCCC#Cc1nn([C@H]2C[C@H](OP(OCCC#N)N(C(C)C)C(C)C)[C@@H](COC(c3ccccc3)(c3ccc(OC)cc3)c3ccc(OC)cc3)O2)c2ncnc(/N=C/N(C)C)c12. The van der Waals surface area contributed by atoms with Gasteiger partial charge in [0.1, 0.15) is 35.2 Å². The molecule has 14 nitrogen and oxygen atoms in total. The molecule has 0 aliphatic carbocycles. The number of rotatable bonds is 21. The van der Waals surface area contributed by atoms with Crippen molar-refractivity contribution in [2.75, 3.05) is 41.5 Å². The maximum Gasteiger partial charge on any atom is 0.259 e. The molecule has 6 rings (SSSR count). The lowest BCUT2D eigenvalue weighted by molar-refractivity contribution is -0.0931. The molecular formula is C49H61N8O6P. The number of aliphatic imine (C=N–C) groups is 1. The molecule has 1 aliphatic rings. The standard InChI is InChI=1S/C49H61N8O6P/c1-10-11-12-16-20-42-46-47(53-34-55(6)7)51-33-52-48(46)56(54-42)45-31-43(63-64(61-30-17-29-50)57(35(2)3)36(4)5)44(62-45)32-60-49(37-18-14-13-15-19-37,38-21-25-40(58-8)26-22-38)39-23-27-41(59-9)28-24-39/h13-15,18-19,21-28,33-36,43-45H,10-12,17,30-32H2,1-9H3/b53-34+/t43-,44+,45+,64?/m0/s1. The van der Waals surface area contributed by atoms with Gasteiger partial charge in [0.2, 0.25) is 0 Å². The summed E-state index contributed by atoms with van der Waals surface area (Å²) in [6, 6.07) is 28.4. The average Bonchev–Trinajstić information content (AvgIpc) is 3.88. The Labute approximate surface area is 379 Å². The zero-order chi connectivity index (χ0) is 45.6. The molecule has 1 unspecified atom stereocenters. The molecule has 0 N–H and O–H groups in total. The number of unbranched alkanes of at least 4 members (excludes halogenated alkanes) is 2. The van der Waals surface area contributed by atoms with Gasteiger partial charge < -0.3 is 32.9 Å². The maximum absolute atomic E-state index is 9.49. The number of ether oxygens (including phenoxy) is 4. The van der Waals surface area contributed by atoms with E-state index in [9.17, 15) is 5.26 Å². The Morgan fingerprint density at radius 2 is 1.56 bits per heavy atom. The van der Waals surface area contributed by atoms with Crippen LogP contribution in [0.4, 0.5) is 5.82 Å². The number of aromatic nitrogens is 4. The summed E-state index contributed by atoms with van der Waals surface area (Å²) >= 11 is 0. The summed E-state index contributed by atoms with van der Waals surface area (Å²) in [5, 5.41) is 15.2. The van der Waals surface area contributed by atoms with Crippen LogP contribution in [0.1, 0.15) is 95.3 Å². The second kappa shape index (κ2) is 23.0. The minimum absolute atomic E-state index is 0.0821. The van der Waals surface area contributed by atoms with Crippen molar-refractivity contribution in [1.29, 1.82) is 5.26 Å². The Bertz CT molecular complexity index is 2320. The number of nitrogens with zero attached hydrogens (tertiary/aromatic N) is 8. The Morgan fingerprint density at radius 3 is 2.14 bits per heavy atom. The van der Waals surface area contributed by atoms with E-state index in [0.717, 1.165) is 47.5 Å². The van der Waals surface area contributed by atoms with Gasteiger partial charge in [-0.2, -0.15) is 10.4 Å². The fourth-order valence-corrected chi connectivity index (χ4v) is 9.49. The Balaban J connectivity index is 1.49. The van der Waals surface area contributed by atoms with Crippen molar-refractivity contribution in [3.63, 3.8) is 0 Å². The number of methoxy groups -OCH3 is 2. The topological polar surface area (TPSA) is 142 Å². The van der Waals surface area contributed by atoms with Crippen LogP contribution >= 0.6 is 8.53 Å². The molecule has 5 aromatic rings. The fourth-order valence-electron chi connectivity index (χ4n) is 7.73. The molecule has 0 spiro atoms. The summed E-state index contributed by atoms with van der Waals surface area (Å²) < 4.78 is 43.3. The second-order valence-corrected chi connectivity index (χ2v) is 17.6. The van der Waals surface area contributed by atoms with E-state index < -0.39 is 32.6 Å². The first kappa shape index (κ1) is 48.0. The zero-order valence-electron chi connectivity index (χ0n) is 38.5. The highest BCUT2D eigenvalue weighted by Gasteiger charge is 2.45. The third-order valence-corrected chi connectivity index (χ3v) is 12.9. The van der Waals surface area contributed by atoms with Gasteiger partial charge in [-0.3, -0.25) is 0 Å². The van der Waals surface area contributed by atoms with Crippen molar-refractivity contribution in [1.82, 2.24) is 29.3 Å². The molecule has 2 aromatic heterocycles. The molecule has 0 radical (unpaired) electrons. The average molecular weight is 889 g/mol. The van der Waals surface area contributed by atoms with Gasteiger partial charge in [0.15, 0.2) is 17.7 Å². The Morgan fingerprint density at radius 1 is 0.922 bits per heavy atom. The van der Waals surface area contributed by atoms with E-state index in [-0.39, 0.29) is 31.7 Å². The second-order valence-electron chi connectivity index (χ2n) is 16.2. The highest BCUT2D eigenvalue weighted by Crippen LogP contribution is 2.51. The molecule has 4 atom stereocenters. The summed E-state index contributed by atoms with van der Waals surface area (Å²) in [4.78, 5) is 15.8. The summed E-state index contributed by atoms with van der Waals surface area (Å²) in [7, 11) is 5.45. The maximum atomic E-state index is 9.49. The van der Waals surface area contributed by atoms with Crippen molar-refractivity contribution >= 4 is 31.7 Å². The van der Waals surface area contributed by atoms with Crippen LogP contribution < -0.4 is 9.47 Å². The van der Waals surface area contributed by atoms with Crippen LogP contribution in [-0.4, -0.2) is 101 Å². The van der Waals surface area contributed by atoms with Crippen LogP contribution in [0.25, 0.3) is 11.0 Å². The Hall–Kier alpha value is -5.44. The summed E-state index contributed by atoms with van der Waals surface area (Å²) in [6.07, 6.45) is 4.69. The van der Waals surface area contributed by atoms with Gasteiger partial charge in [-0.05, 0) is 81.0 Å². The van der Waals surface area contributed by atoms with Crippen molar-refractivity contribution in [2.45, 2.75) is 103 Å². The van der Waals surface area contributed by atoms with Crippen LogP contribution in [0.2, 0.25) is 0 Å².